The first-order chi connectivity index (χ1) is 10.1. The maximum absolute atomic E-state index is 11.4. The van der Waals surface area contributed by atoms with E-state index in [1.165, 1.54) is 0 Å². The van der Waals surface area contributed by atoms with Gasteiger partial charge in [0.05, 0.1) is 20.3 Å². The molecule has 21 heavy (non-hydrogen) atoms. The molecule has 0 aliphatic carbocycles. The summed E-state index contributed by atoms with van der Waals surface area (Å²) in [6, 6.07) is 13.5. The van der Waals surface area contributed by atoms with Crippen LogP contribution in [0.3, 0.4) is 0 Å². The number of hydrogen-bond acceptors (Lipinski definition) is 3. The largest absolute Gasteiger partial charge is 0.497 e. The van der Waals surface area contributed by atoms with Crippen molar-refractivity contribution in [1.82, 2.24) is 0 Å². The standard InChI is InChI=1S/C17H17IO3/c1-12-3-6-14(17(18)19)9-15(12)11-21-10-13-4-7-16(20-2)8-5-13/h3-9H,10-11H2,1-2H3. The van der Waals surface area contributed by atoms with Gasteiger partial charge < -0.3 is 9.47 Å². The van der Waals surface area contributed by atoms with Crippen LogP contribution >= 0.6 is 22.6 Å². The van der Waals surface area contributed by atoms with Gasteiger partial charge in [-0.05, 0) is 41.8 Å². The Balaban J connectivity index is 1.96. The molecule has 0 unspecified atom stereocenters. The fourth-order valence-corrected chi connectivity index (χ4v) is 2.29. The van der Waals surface area contributed by atoms with Crippen LogP contribution < -0.4 is 4.74 Å². The molecule has 3 nitrogen and oxygen atoms in total. The number of rotatable bonds is 6. The van der Waals surface area contributed by atoms with E-state index in [4.69, 9.17) is 9.47 Å². The highest BCUT2D eigenvalue weighted by atomic mass is 127. The molecule has 0 saturated heterocycles. The van der Waals surface area contributed by atoms with E-state index in [-0.39, 0.29) is 3.79 Å². The highest BCUT2D eigenvalue weighted by molar-refractivity contribution is 14.1. The van der Waals surface area contributed by atoms with Gasteiger partial charge in [0, 0.05) is 28.2 Å². The first-order valence-electron chi connectivity index (χ1n) is 6.60. The van der Waals surface area contributed by atoms with Crippen LogP contribution in [-0.4, -0.2) is 10.9 Å². The third kappa shape index (κ3) is 4.54. The quantitative estimate of drug-likeness (QED) is 0.540. The van der Waals surface area contributed by atoms with Crippen LogP contribution in [0, 0.1) is 6.92 Å². The highest BCUT2D eigenvalue weighted by Gasteiger charge is 2.05. The van der Waals surface area contributed by atoms with Crippen LogP contribution in [-0.2, 0) is 18.0 Å². The summed E-state index contributed by atoms with van der Waals surface area (Å²) < 4.78 is 10.9. The van der Waals surface area contributed by atoms with Gasteiger partial charge in [0.1, 0.15) is 5.75 Å². The maximum Gasteiger partial charge on any atom is 0.222 e. The topological polar surface area (TPSA) is 35.5 Å². The lowest BCUT2D eigenvalue weighted by molar-refractivity contribution is 0.106. The van der Waals surface area contributed by atoms with Crippen molar-refractivity contribution in [3.8, 4) is 5.75 Å². The molecule has 0 saturated carbocycles. The molecule has 0 aromatic heterocycles. The van der Waals surface area contributed by atoms with Gasteiger partial charge in [-0.3, -0.25) is 4.79 Å². The van der Waals surface area contributed by atoms with Gasteiger partial charge in [0.15, 0.2) is 0 Å². The molecular formula is C17H17IO3. The Hall–Kier alpha value is -1.40. The number of carbonyl (C=O) groups is 1. The number of ether oxygens (including phenoxy) is 2. The van der Waals surface area contributed by atoms with E-state index >= 15 is 0 Å². The van der Waals surface area contributed by atoms with Gasteiger partial charge in [-0.25, -0.2) is 0 Å². The molecule has 2 rings (SSSR count). The van der Waals surface area contributed by atoms with Gasteiger partial charge in [-0.2, -0.15) is 0 Å². The molecule has 0 fully saturated rings. The number of aryl methyl sites for hydroxylation is 1. The van der Waals surface area contributed by atoms with Crippen LogP contribution in [0.4, 0.5) is 0 Å². The Morgan fingerprint density at radius 3 is 2.43 bits per heavy atom. The van der Waals surface area contributed by atoms with Crippen LogP contribution in [0.2, 0.25) is 0 Å². The third-order valence-electron chi connectivity index (χ3n) is 3.26. The van der Waals surface area contributed by atoms with E-state index in [2.05, 4.69) is 0 Å². The smallest absolute Gasteiger partial charge is 0.222 e. The summed E-state index contributed by atoms with van der Waals surface area (Å²) in [6.07, 6.45) is 0. The van der Waals surface area contributed by atoms with Crippen molar-refractivity contribution in [2.24, 2.45) is 0 Å². The number of hydrogen-bond donors (Lipinski definition) is 0. The number of halogens is 1. The van der Waals surface area contributed by atoms with E-state index in [0.29, 0.717) is 18.8 Å². The Morgan fingerprint density at radius 1 is 1.10 bits per heavy atom. The van der Waals surface area contributed by atoms with Gasteiger partial charge in [0.2, 0.25) is 3.79 Å². The molecule has 0 radical (unpaired) electrons. The summed E-state index contributed by atoms with van der Waals surface area (Å²) in [7, 11) is 1.65. The second kappa shape index (κ2) is 7.56. The van der Waals surface area contributed by atoms with Gasteiger partial charge in [-0.1, -0.05) is 24.3 Å². The van der Waals surface area contributed by atoms with Crippen molar-refractivity contribution < 1.29 is 14.3 Å². The average Bonchev–Trinajstić information content (AvgIpc) is 2.49. The van der Waals surface area contributed by atoms with Crippen LogP contribution in [0.5, 0.6) is 5.75 Å². The molecule has 0 amide bonds. The second-order valence-corrected chi connectivity index (χ2v) is 5.74. The summed E-state index contributed by atoms with van der Waals surface area (Å²) in [5.74, 6) is 0.836. The van der Waals surface area contributed by atoms with E-state index in [0.717, 1.165) is 22.4 Å². The molecule has 2 aromatic carbocycles. The van der Waals surface area contributed by atoms with Crippen LogP contribution in [0.1, 0.15) is 27.0 Å². The summed E-state index contributed by atoms with van der Waals surface area (Å²) in [5.41, 5.74) is 3.98. The van der Waals surface area contributed by atoms with E-state index < -0.39 is 0 Å². The zero-order valence-electron chi connectivity index (χ0n) is 12.1. The Bertz CT molecular complexity index is 620. The number of carbonyl (C=O) groups excluding carboxylic acids is 1. The van der Waals surface area contributed by atoms with E-state index in [1.807, 2.05) is 49.4 Å². The SMILES string of the molecule is COc1ccc(COCc2cc(C(=O)I)ccc2C)cc1. The zero-order chi connectivity index (χ0) is 15.2. The summed E-state index contributed by atoms with van der Waals surface area (Å²) in [6.45, 7) is 3.05. The lowest BCUT2D eigenvalue weighted by Crippen LogP contribution is -1.99. The molecule has 0 N–H and O–H groups in total. The molecule has 0 spiro atoms. The molecular weight excluding hydrogens is 379 g/mol. The molecule has 0 atom stereocenters. The average molecular weight is 396 g/mol. The van der Waals surface area contributed by atoms with Crippen LogP contribution in [0.15, 0.2) is 42.5 Å². The van der Waals surface area contributed by atoms with Gasteiger partial charge >= 0.3 is 0 Å². The number of benzene rings is 2. The Labute approximate surface area is 138 Å². The lowest BCUT2D eigenvalue weighted by atomic mass is 10.1. The summed E-state index contributed by atoms with van der Waals surface area (Å²) in [4.78, 5) is 11.4. The van der Waals surface area contributed by atoms with Crippen molar-refractivity contribution in [2.45, 2.75) is 20.1 Å². The summed E-state index contributed by atoms with van der Waals surface area (Å²) >= 11 is 1.80. The molecule has 0 heterocycles. The van der Waals surface area contributed by atoms with E-state index in [9.17, 15) is 4.79 Å². The highest BCUT2D eigenvalue weighted by Crippen LogP contribution is 2.17. The summed E-state index contributed by atoms with van der Waals surface area (Å²) in [5, 5.41) is 0. The molecule has 4 heteroatoms. The minimum Gasteiger partial charge on any atom is -0.497 e. The van der Waals surface area contributed by atoms with Gasteiger partial charge in [-0.15, -0.1) is 0 Å². The number of methoxy groups -OCH3 is 1. The van der Waals surface area contributed by atoms with Crippen molar-refractivity contribution in [2.75, 3.05) is 7.11 Å². The third-order valence-corrected chi connectivity index (χ3v) is 3.88. The maximum atomic E-state index is 11.4. The molecule has 2 aromatic rings. The van der Waals surface area contributed by atoms with Crippen LogP contribution in [0.25, 0.3) is 0 Å². The normalized spacial score (nSPS) is 10.4. The van der Waals surface area contributed by atoms with Gasteiger partial charge in [0.25, 0.3) is 0 Å². The Morgan fingerprint density at radius 2 is 1.81 bits per heavy atom. The monoisotopic (exact) mass is 396 g/mol. The fourth-order valence-electron chi connectivity index (χ4n) is 1.95. The molecule has 110 valence electrons. The minimum absolute atomic E-state index is 0.0454. The van der Waals surface area contributed by atoms with Crippen molar-refractivity contribution in [3.63, 3.8) is 0 Å². The van der Waals surface area contributed by atoms with Crippen molar-refractivity contribution in [3.05, 3.63) is 64.7 Å². The van der Waals surface area contributed by atoms with E-state index in [1.54, 1.807) is 29.7 Å². The first kappa shape index (κ1) is 16.0. The minimum atomic E-state index is 0.0454. The molecule has 0 aliphatic heterocycles. The lowest BCUT2D eigenvalue weighted by Gasteiger charge is -2.09. The van der Waals surface area contributed by atoms with Crippen molar-refractivity contribution >= 4 is 26.4 Å². The first-order valence-corrected chi connectivity index (χ1v) is 7.68. The Kier molecular flexibility index (Phi) is 5.76. The zero-order valence-corrected chi connectivity index (χ0v) is 14.2. The predicted molar refractivity (Wildman–Crippen MR) is 91.0 cm³/mol. The van der Waals surface area contributed by atoms with Crippen molar-refractivity contribution in [1.29, 1.82) is 0 Å². The molecule has 0 bridgehead atoms. The second-order valence-electron chi connectivity index (χ2n) is 4.76. The fraction of sp³-hybridized carbons (Fsp3) is 0.235. The molecule has 0 aliphatic rings. The predicted octanol–water partition coefficient (Wildman–Crippen LogP) is 4.30.